The van der Waals surface area contributed by atoms with Crippen molar-refractivity contribution in [1.82, 2.24) is 15.5 Å². The van der Waals surface area contributed by atoms with Gasteiger partial charge in [-0.1, -0.05) is 53.7 Å². The number of carbonyl (C=O) groups is 1. The van der Waals surface area contributed by atoms with Gasteiger partial charge in [0.25, 0.3) is 5.22 Å². The highest BCUT2D eigenvalue weighted by Gasteiger charge is 2.18. The summed E-state index contributed by atoms with van der Waals surface area (Å²) in [6.45, 7) is 2.41. The molecule has 1 atom stereocenters. The van der Waals surface area contributed by atoms with Gasteiger partial charge < -0.3 is 9.73 Å². The fraction of sp³-hybridized carbons (Fsp3) is 0.211. The minimum Gasteiger partial charge on any atom is -0.411 e. The Bertz CT molecular complexity index is 853. The van der Waals surface area contributed by atoms with Crippen molar-refractivity contribution >= 4 is 29.3 Å². The van der Waals surface area contributed by atoms with Crippen molar-refractivity contribution in [1.29, 1.82) is 0 Å². The number of benzene rings is 2. The first-order chi connectivity index (χ1) is 12.6. The number of rotatable bonds is 7. The van der Waals surface area contributed by atoms with Gasteiger partial charge in [-0.15, -0.1) is 10.2 Å². The van der Waals surface area contributed by atoms with E-state index < -0.39 is 0 Å². The molecule has 5 nitrogen and oxygen atoms in total. The van der Waals surface area contributed by atoms with Gasteiger partial charge in [0.05, 0.1) is 5.25 Å². The summed E-state index contributed by atoms with van der Waals surface area (Å²) in [5.74, 6) is 0.345. The van der Waals surface area contributed by atoms with Crippen molar-refractivity contribution < 1.29 is 9.21 Å². The van der Waals surface area contributed by atoms with Gasteiger partial charge in [0.1, 0.15) is 0 Å². The maximum absolute atomic E-state index is 12.2. The Hall–Kier alpha value is -2.31. The molecule has 3 rings (SSSR count). The summed E-state index contributed by atoms with van der Waals surface area (Å²) < 4.78 is 5.62. The second-order valence-corrected chi connectivity index (χ2v) is 7.40. The van der Waals surface area contributed by atoms with E-state index in [0.29, 0.717) is 22.7 Å². The molecule has 26 heavy (non-hydrogen) atoms. The molecule has 0 aliphatic rings. The zero-order chi connectivity index (χ0) is 18.4. The van der Waals surface area contributed by atoms with E-state index in [2.05, 4.69) is 15.5 Å². The van der Waals surface area contributed by atoms with E-state index in [-0.39, 0.29) is 11.2 Å². The lowest BCUT2D eigenvalue weighted by Gasteiger charge is -2.09. The maximum atomic E-state index is 12.2. The minimum atomic E-state index is -0.329. The number of thioether (sulfide) groups is 1. The Balaban J connectivity index is 1.50. The van der Waals surface area contributed by atoms with Crippen LogP contribution in [0, 0.1) is 0 Å². The summed E-state index contributed by atoms with van der Waals surface area (Å²) >= 11 is 7.11. The van der Waals surface area contributed by atoms with Gasteiger partial charge in [-0.2, -0.15) is 0 Å². The lowest BCUT2D eigenvalue weighted by Crippen LogP contribution is -2.32. The van der Waals surface area contributed by atoms with Gasteiger partial charge in [-0.25, -0.2) is 0 Å². The lowest BCUT2D eigenvalue weighted by atomic mass is 10.1. The first kappa shape index (κ1) is 18.5. The fourth-order valence-corrected chi connectivity index (χ4v) is 3.12. The first-order valence-corrected chi connectivity index (χ1v) is 9.45. The molecule has 7 heteroatoms. The molecule has 1 aromatic heterocycles. The van der Waals surface area contributed by atoms with E-state index in [0.717, 1.165) is 12.0 Å². The van der Waals surface area contributed by atoms with Crippen molar-refractivity contribution in [3.8, 4) is 11.5 Å². The van der Waals surface area contributed by atoms with Crippen molar-refractivity contribution in [2.24, 2.45) is 0 Å². The molecule has 1 unspecified atom stereocenters. The van der Waals surface area contributed by atoms with Crippen molar-refractivity contribution in [3.63, 3.8) is 0 Å². The molecular formula is C19H18ClN3O2S. The third kappa shape index (κ3) is 5.09. The smallest absolute Gasteiger partial charge is 0.277 e. The van der Waals surface area contributed by atoms with E-state index in [1.165, 1.54) is 17.3 Å². The fourth-order valence-electron chi connectivity index (χ4n) is 2.29. The van der Waals surface area contributed by atoms with Gasteiger partial charge in [0.15, 0.2) is 0 Å². The normalized spacial score (nSPS) is 11.9. The van der Waals surface area contributed by atoms with Crippen LogP contribution < -0.4 is 5.32 Å². The molecule has 0 bridgehead atoms. The molecule has 1 amide bonds. The highest BCUT2D eigenvalue weighted by Crippen LogP contribution is 2.26. The van der Waals surface area contributed by atoms with Gasteiger partial charge in [0.2, 0.25) is 11.8 Å². The van der Waals surface area contributed by atoms with Crippen molar-refractivity contribution in [2.75, 3.05) is 6.54 Å². The van der Waals surface area contributed by atoms with E-state index in [9.17, 15) is 4.79 Å². The molecule has 3 aromatic rings. The topological polar surface area (TPSA) is 68.0 Å². The predicted molar refractivity (Wildman–Crippen MR) is 103 cm³/mol. The summed E-state index contributed by atoms with van der Waals surface area (Å²) in [5.41, 5.74) is 1.98. The zero-order valence-corrected chi connectivity index (χ0v) is 15.8. The number of nitrogens with zero attached hydrogens (tertiary/aromatic N) is 2. The van der Waals surface area contributed by atoms with Crippen LogP contribution in [0.1, 0.15) is 12.5 Å². The SMILES string of the molecule is CC(Sc1nnc(-c2ccc(Cl)cc2)o1)C(=O)NCCc1ccccc1. The number of aromatic nitrogens is 2. The number of halogens is 1. The molecule has 134 valence electrons. The van der Waals surface area contributed by atoms with Crippen molar-refractivity contribution in [3.05, 3.63) is 65.2 Å². The predicted octanol–water partition coefficient (Wildman–Crippen LogP) is 4.23. The van der Waals surface area contributed by atoms with Crippen LogP contribution in [-0.4, -0.2) is 27.9 Å². The summed E-state index contributed by atoms with van der Waals surface area (Å²) in [5, 5.41) is 11.6. The molecule has 0 saturated carbocycles. The molecular weight excluding hydrogens is 370 g/mol. The number of hydrogen-bond acceptors (Lipinski definition) is 5. The Labute approximate surface area is 161 Å². The van der Waals surface area contributed by atoms with E-state index >= 15 is 0 Å². The molecule has 2 aromatic carbocycles. The van der Waals surface area contributed by atoms with Gasteiger partial charge in [-0.3, -0.25) is 4.79 Å². The van der Waals surface area contributed by atoms with E-state index in [1.54, 1.807) is 12.1 Å². The van der Waals surface area contributed by atoms with Crippen LogP contribution in [0.3, 0.4) is 0 Å². The van der Waals surface area contributed by atoms with Crippen LogP contribution in [0.25, 0.3) is 11.5 Å². The Kier molecular flexibility index (Phi) is 6.30. The quantitative estimate of drug-likeness (QED) is 0.614. The first-order valence-electron chi connectivity index (χ1n) is 8.19. The molecule has 0 aliphatic heterocycles. The van der Waals surface area contributed by atoms with Crippen molar-refractivity contribution in [2.45, 2.75) is 23.8 Å². The Morgan fingerprint density at radius 3 is 2.62 bits per heavy atom. The van der Waals surface area contributed by atoms with Crippen LogP contribution >= 0.6 is 23.4 Å². The second-order valence-electron chi connectivity index (χ2n) is 5.67. The van der Waals surface area contributed by atoms with Crippen LogP contribution in [0.5, 0.6) is 0 Å². The highest BCUT2D eigenvalue weighted by atomic mass is 35.5. The van der Waals surface area contributed by atoms with Crippen LogP contribution in [0.2, 0.25) is 5.02 Å². The molecule has 0 aliphatic carbocycles. The third-order valence-electron chi connectivity index (χ3n) is 3.70. The number of nitrogens with one attached hydrogen (secondary N) is 1. The maximum Gasteiger partial charge on any atom is 0.277 e. The lowest BCUT2D eigenvalue weighted by molar-refractivity contribution is -0.120. The molecule has 0 fully saturated rings. The zero-order valence-electron chi connectivity index (χ0n) is 14.2. The van der Waals surface area contributed by atoms with E-state index in [1.807, 2.05) is 49.4 Å². The van der Waals surface area contributed by atoms with Crippen LogP contribution in [0.4, 0.5) is 0 Å². The Morgan fingerprint density at radius 2 is 1.88 bits per heavy atom. The second kappa shape index (κ2) is 8.87. The molecule has 1 N–H and O–H groups in total. The molecule has 0 saturated heterocycles. The van der Waals surface area contributed by atoms with E-state index in [4.69, 9.17) is 16.0 Å². The third-order valence-corrected chi connectivity index (χ3v) is 4.89. The molecule has 0 spiro atoms. The monoisotopic (exact) mass is 387 g/mol. The minimum absolute atomic E-state index is 0.0582. The summed E-state index contributed by atoms with van der Waals surface area (Å²) in [4.78, 5) is 12.2. The molecule has 1 heterocycles. The van der Waals surface area contributed by atoms with Gasteiger partial charge in [0, 0.05) is 17.1 Å². The van der Waals surface area contributed by atoms with Gasteiger partial charge >= 0.3 is 0 Å². The Morgan fingerprint density at radius 1 is 1.15 bits per heavy atom. The summed E-state index contributed by atoms with van der Waals surface area (Å²) in [6.07, 6.45) is 0.797. The average Bonchev–Trinajstić information content (AvgIpc) is 3.11. The number of carbonyl (C=O) groups excluding carboxylic acids is 1. The standard InChI is InChI=1S/C19H18ClN3O2S/c1-13(17(24)21-12-11-14-5-3-2-4-6-14)26-19-23-22-18(25-19)15-7-9-16(20)10-8-15/h2-10,13H,11-12H2,1H3,(H,21,24). The number of amides is 1. The largest absolute Gasteiger partial charge is 0.411 e. The molecule has 0 radical (unpaired) electrons. The highest BCUT2D eigenvalue weighted by molar-refractivity contribution is 8.00. The van der Waals surface area contributed by atoms with Crippen LogP contribution in [0.15, 0.2) is 64.2 Å². The summed E-state index contributed by atoms with van der Waals surface area (Å²) in [7, 11) is 0. The summed E-state index contributed by atoms with van der Waals surface area (Å²) in [6, 6.07) is 17.2. The number of hydrogen-bond donors (Lipinski definition) is 1. The van der Waals surface area contributed by atoms with Gasteiger partial charge in [-0.05, 0) is 43.2 Å². The average molecular weight is 388 g/mol. The van der Waals surface area contributed by atoms with Crippen LogP contribution in [-0.2, 0) is 11.2 Å².